The third kappa shape index (κ3) is 3.72. The summed E-state index contributed by atoms with van der Waals surface area (Å²) in [6, 6.07) is 28.2. The molecule has 6 aromatic rings. The van der Waals surface area contributed by atoms with Gasteiger partial charge >= 0.3 is 0 Å². The van der Waals surface area contributed by atoms with Gasteiger partial charge in [0.15, 0.2) is 10.9 Å². The Morgan fingerprint density at radius 2 is 1.69 bits per heavy atom. The second-order valence-electron chi connectivity index (χ2n) is 8.25. The topological polar surface area (TPSA) is 78.5 Å². The molecule has 0 atom stereocenters. The molecule has 0 saturated heterocycles. The quantitative estimate of drug-likeness (QED) is 0.236. The van der Waals surface area contributed by atoms with Gasteiger partial charge in [0.1, 0.15) is 5.75 Å². The van der Waals surface area contributed by atoms with E-state index in [2.05, 4.69) is 10.2 Å². The highest BCUT2D eigenvalue weighted by molar-refractivity contribution is 7.99. The van der Waals surface area contributed by atoms with Crippen LogP contribution in [0, 0.1) is 0 Å². The van der Waals surface area contributed by atoms with Gasteiger partial charge in [0.05, 0.1) is 29.5 Å². The smallest absolute Gasteiger partial charge is 0.267 e. The minimum absolute atomic E-state index is 0.00655. The lowest BCUT2D eigenvalue weighted by Gasteiger charge is -2.12. The lowest BCUT2D eigenvalue weighted by Crippen LogP contribution is -2.22. The molecule has 0 amide bonds. The van der Waals surface area contributed by atoms with Gasteiger partial charge < -0.3 is 4.74 Å². The summed E-state index contributed by atoms with van der Waals surface area (Å²) in [4.78, 5) is 26.5. The Balaban J connectivity index is 1.43. The van der Waals surface area contributed by atoms with E-state index < -0.39 is 0 Å². The van der Waals surface area contributed by atoms with Gasteiger partial charge in [-0.2, -0.15) is 0 Å². The van der Waals surface area contributed by atoms with E-state index in [9.17, 15) is 9.59 Å². The first-order chi connectivity index (χ1) is 17.6. The molecule has 0 radical (unpaired) electrons. The highest BCUT2D eigenvalue weighted by Crippen LogP contribution is 2.25. The van der Waals surface area contributed by atoms with E-state index in [1.807, 2.05) is 83.3 Å². The van der Waals surface area contributed by atoms with Gasteiger partial charge in [-0.15, -0.1) is 10.2 Å². The summed E-state index contributed by atoms with van der Waals surface area (Å²) in [5.41, 5.74) is 1.74. The Hall–Kier alpha value is -4.43. The van der Waals surface area contributed by atoms with E-state index >= 15 is 0 Å². The van der Waals surface area contributed by atoms with Gasteiger partial charge in [-0.3, -0.25) is 14.0 Å². The van der Waals surface area contributed by atoms with Gasteiger partial charge in [-0.05, 0) is 41.1 Å². The van der Waals surface area contributed by atoms with E-state index in [0.29, 0.717) is 38.8 Å². The molecule has 0 fully saturated rings. The molecule has 4 aromatic carbocycles. The van der Waals surface area contributed by atoms with Crippen molar-refractivity contribution in [2.75, 3.05) is 12.9 Å². The SMILES string of the molecule is COc1cccc(-n2c(=O)c3ccccc3n3c(SCC(=O)c4ccc5ccccc5c4)nnc23)c1. The van der Waals surface area contributed by atoms with Crippen LogP contribution in [0.15, 0.2) is 101 Å². The first kappa shape index (κ1) is 22.1. The van der Waals surface area contributed by atoms with Gasteiger partial charge in [0.25, 0.3) is 5.56 Å². The predicted octanol–water partition coefficient (Wildman–Crippen LogP) is 5.17. The van der Waals surface area contributed by atoms with Gasteiger partial charge in [-0.1, -0.05) is 66.4 Å². The third-order valence-electron chi connectivity index (χ3n) is 6.11. The number of methoxy groups -OCH3 is 1. The summed E-state index contributed by atoms with van der Waals surface area (Å²) < 4.78 is 8.70. The molecule has 0 aliphatic rings. The van der Waals surface area contributed by atoms with Crippen molar-refractivity contribution in [2.45, 2.75) is 5.16 Å². The van der Waals surface area contributed by atoms with Crippen molar-refractivity contribution in [3.05, 3.63) is 107 Å². The summed E-state index contributed by atoms with van der Waals surface area (Å²) in [5.74, 6) is 1.17. The molecule has 176 valence electrons. The number of fused-ring (bicyclic) bond motifs is 4. The van der Waals surface area contributed by atoms with E-state index in [1.54, 1.807) is 19.2 Å². The minimum Gasteiger partial charge on any atom is -0.497 e. The fraction of sp³-hybridized carbons (Fsp3) is 0.0714. The van der Waals surface area contributed by atoms with Crippen LogP contribution in [0.4, 0.5) is 0 Å². The van der Waals surface area contributed by atoms with Crippen molar-refractivity contribution >= 4 is 45.0 Å². The van der Waals surface area contributed by atoms with Crippen LogP contribution in [0.5, 0.6) is 5.75 Å². The van der Waals surface area contributed by atoms with Gasteiger partial charge in [0.2, 0.25) is 5.78 Å². The standard InChI is InChI=1S/C28H20N4O3S/c1-35-22-10-6-9-21(16-22)31-26(34)23-11-4-5-12-24(23)32-27(31)29-30-28(32)36-17-25(33)20-14-13-18-7-2-3-8-19(18)15-20/h2-16H,17H2,1H3. The first-order valence-corrected chi connectivity index (χ1v) is 12.3. The second-order valence-corrected chi connectivity index (χ2v) is 9.19. The van der Waals surface area contributed by atoms with Crippen molar-refractivity contribution in [1.29, 1.82) is 0 Å². The largest absolute Gasteiger partial charge is 0.497 e. The maximum absolute atomic E-state index is 13.5. The number of nitrogens with zero attached hydrogens (tertiary/aromatic N) is 4. The molecule has 0 N–H and O–H groups in total. The average molecular weight is 493 g/mol. The number of aromatic nitrogens is 4. The number of hydrogen-bond donors (Lipinski definition) is 0. The highest BCUT2D eigenvalue weighted by Gasteiger charge is 2.19. The number of benzene rings is 4. The van der Waals surface area contributed by atoms with Crippen LogP contribution in [-0.2, 0) is 0 Å². The highest BCUT2D eigenvalue weighted by atomic mass is 32.2. The number of thioether (sulfide) groups is 1. The van der Waals surface area contributed by atoms with Crippen molar-refractivity contribution < 1.29 is 9.53 Å². The average Bonchev–Trinajstić information content (AvgIpc) is 3.35. The van der Waals surface area contributed by atoms with Crippen molar-refractivity contribution in [3.63, 3.8) is 0 Å². The molecule has 0 saturated carbocycles. The molecule has 0 spiro atoms. The zero-order chi connectivity index (χ0) is 24.6. The van der Waals surface area contributed by atoms with E-state index in [4.69, 9.17) is 4.74 Å². The number of ether oxygens (including phenoxy) is 1. The van der Waals surface area contributed by atoms with E-state index in [0.717, 1.165) is 10.8 Å². The number of Topliss-reactive ketones (excluding diaryl/α,β-unsaturated/α-hetero) is 1. The van der Waals surface area contributed by atoms with Crippen LogP contribution in [0.3, 0.4) is 0 Å². The van der Waals surface area contributed by atoms with Crippen LogP contribution in [0.2, 0.25) is 0 Å². The summed E-state index contributed by atoms with van der Waals surface area (Å²) in [5, 5.41) is 11.9. The second kappa shape index (κ2) is 8.98. The molecular formula is C28H20N4O3S. The molecule has 7 nitrogen and oxygen atoms in total. The van der Waals surface area contributed by atoms with Crippen molar-refractivity contribution in [1.82, 2.24) is 19.2 Å². The monoisotopic (exact) mass is 492 g/mol. The molecule has 36 heavy (non-hydrogen) atoms. The number of hydrogen-bond acceptors (Lipinski definition) is 6. The Kier molecular flexibility index (Phi) is 5.50. The van der Waals surface area contributed by atoms with Gasteiger partial charge in [0, 0.05) is 11.6 Å². The van der Waals surface area contributed by atoms with E-state index in [-0.39, 0.29) is 17.1 Å². The normalized spacial score (nSPS) is 11.4. The molecular weight excluding hydrogens is 472 g/mol. The van der Waals surface area contributed by atoms with E-state index in [1.165, 1.54) is 16.3 Å². The Morgan fingerprint density at radius 3 is 2.56 bits per heavy atom. The van der Waals surface area contributed by atoms with Crippen LogP contribution in [-0.4, -0.2) is 37.8 Å². The summed E-state index contributed by atoms with van der Waals surface area (Å²) >= 11 is 1.30. The first-order valence-electron chi connectivity index (χ1n) is 11.3. The lowest BCUT2D eigenvalue weighted by atomic mass is 10.1. The fourth-order valence-electron chi connectivity index (χ4n) is 4.33. The Morgan fingerprint density at radius 1 is 0.889 bits per heavy atom. The fourth-order valence-corrected chi connectivity index (χ4v) is 5.17. The molecule has 2 aromatic heterocycles. The minimum atomic E-state index is -0.206. The van der Waals surface area contributed by atoms with Crippen LogP contribution in [0.25, 0.3) is 33.1 Å². The van der Waals surface area contributed by atoms with Crippen LogP contribution in [0.1, 0.15) is 10.4 Å². The number of para-hydroxylation sites is 1. The maximum atomic E-state index is 13.5. The number of rotatable bonds is 6. The van der Waals surface area contributed by atoms with Crippen LogP contribution >= 0.6 is 11.8 Å². The maximum Gasteiger partial charge on any atom is 0.267 e. The Labute approximate surface area is 210 Å². The zero-order valence-corrected chi connectivity index (χ0v) is 20.1. The third-order valence-corrected chi connectivity index (χ3v) is 7.04. The summed E-state index contributed by atoms with van der Waals surface area (Å²) in [6.45, 7) is 0. The molecule has 0 unspecified atom stereocenters. The summed E-state index contributed by atoms with van der Waals surface area (Å²) in [7, 11) is 1.58. The number of carbonyl (C=O) groups is 1. The molecule has 2 heterocycles. The molecule has 0 aliphatic heterocycles. The van der Waals surface area contributed by atoms with Crippen molar-refractivity contribution in [2.24, 2.45) is 0 Å². The predicted molar refractivity (Wildman–Crippen MR) is 142 cm³/mol. The summed E-state index contributed by atoms with van der Waals surface area (Å²) in [6.07, 6.45) is 0. The number of carbonyl (C=O) groups excluding carboxylic acids is 1. The Bertz CT molecular complexity index is 1840. The lowest BCUT2D eigenvalue weighted by molar-refractivity contribution is 0.102. The molecule has 0 aliphatic carbocycles. The van der Waals surface area contributed by atoms with Gasteiger partial charge in [-0.25, -0.2) is 4.57 Å². The number of ketones is 1. The van der Waals surface area contributed by atoms with Crippen LogP contribution < -0.4 is 10.3 Å². The molecule has 8 heteroatoms. The zero-order valence-electron chi connectivity index (χ0n) is 19.3. The van der Waals surface area contributed by atoms with Crippen molar-refractivity contribution in [3.8, 4) is 11.4 Å². The molecule has 0 bridgehead atoms. The molecule has 6 rings (SSSR count).